The molecule has 1 aromatic carbocycles. The minimum atomic E-state index is -1.19. The van der Waals surface area contributed by atoms with Crippen molar-refractivity contribution < 1.29 is 30.0 Å². The third-order valence-electron chi connectivity index (χ3n) is 2.62. The van der Waals surface area contributed by atoms with Crippen LogP contribution in [0.3, 0.4) is 0 Å². The van der Waals surface area contributed by atoms with E-state index in [1.807, 2.05) is 0 Å². The number of nitrogens with two attached hydrogens (primary N) is 2. The number of hydrogen-bond donors (Lipinski definition) is 6. The number of carbonyl (C=O) groups is 2. The molecular weight excluding hydrogens is 300 g/mol. The number of hydrogen-bond acceptors (Lipinski definition) is 7. The minimum absolute atomic E-state index is 0.0171. The smallest absolute Gasteiger partial charge is 0.321 e. The summed E-state index contributed by atoms with van der Waals surface area (Å²) in [5.41, 5.74) is 11.2. The van der Waals surface area contributed by atoms with E-state index in [4.69, 9.17) is 21.7 Å². The van der Waals surface area contributed by atoms with Gasteiger partial charge in [0.05, 0.1) is 4.90 Å². The van der Waals surface area contributed by atoms with Crippen LogP contribution in [0.4, 0.5) is 0 Å². The van der Waals surface area contributed by atoms with Gasteiger partial charge in [0, 0.05) is 5.75 Å². The summed E-state index contributed by atoms with van der Waals surface area (Å²) in [4.78, 5) is 21.5. The van der Waals surface area contributed by atoms with Crippen LogP contribution in [-0.2, 0) is 16.0 Å². The zero-order chi connectivity index (χ0) is 16.2. The van der Waals surface area contributed by atoms with E-state index >= 15 is 0 Å². The Hall–Kier alpha value is -1.97. The van der Waals surface area contributed by atoms with Crippen molar-refractivity contribution in [3.05, 3.63) is 17.7 Å². The number of aliphatic carboxylic acids is 2. The lowest BCUT2D eigenvalue weighted by Gasteiger charge is -2.12. The number of benzene rings is 1. The molecule has 0 bridgehead atoms. The van der Waals surface area contributed by atoms with Crippen LogP contribution in [0, 0.1) is 0 Å². The predicted octanol–water partition coefficient (Wildman–Crippen LogP) is -0.444. The second-order valence-electron chi connectivity index (χ2n) is 4.37. The number of phenolic OH excluding ortho intramolecular Hbond substituents is 2. The van der Waals surface area contributed by atoms with Crippen LogP contribution in [0.25, 0.3) is 0 Å². The molecule has 0 fully saturated rings. The maximum atomic E-state index is 10.7. The second-order valence-corrected chi connectivity index (χ2v) is 5.43. The second kappa shape index (κ2) is 7.16. The van der Waals surface area contributed by atoms with Gasteiger partial charge >= 0.3 is 11.9 Å². The maximum Gasteiger partial charge on any atom is 0.321 e. The summed E-state index contributed by atoms with van der Waals surface area (Å²) in [5.74, 6) is -3.24. The number of rotatable bonds is 7. The van der Waals surface area contributed by atoms with Crippen molar-refractivity contribution in [3.8, 4) is 11.5 Å². The van der Waals surface area contributed by atoms with Crippen molar-refractivity contribution in [3.63, 3.8) is 0 Å². The lowest BCUT2D eigenvalue weighted by atomic mass is 10.1. The summed E-state index contributed by atoms with van der Waals surface area (Å²) in [5, 5.41) is 36.8. The van der Waals surface area contributed by atoms with Gasteiger partial charge in [-0.05, 0) is 24.1 Å². The summed E-state index contributed by atoms with van der Waals surface area (Å²) < 4.78 is 0. The van der Waals surface area contributed by atoms with Crippen molar-refractivity contribution in [2.75, 3.05) is 5.75 Å². The van der Waals surface area contributed by atoms with Gasteiger partial charge in [-0.1, -0.05) is 0 Å². The molecule has 21 heavy (non-hydrogen) atoms. The molecule has 8 nitrogen and oxygen atoms in total. The number of phenols is 2. The Balaban J connectivity index is 2.90. The van der Waals surface area contributed by atoms with E-state index in [2.05, 4.69) is 0 Å². The zero-order valence-electron chi connectivity index (χ0n) is 10.9. The fourth-order valence-corrected chi connectivity index (χ4v) is 2.45. The first kappa shape index (κ1) is 17.1. The first-order valence-electron chi connectivity index (χ1n) is 5.86. The van der Waals surface area contributed by atoms with E-state index in [0.717, 1.165) is 11.8 Å². The van der Waals surface area contributed by atoms with Crippen LogP contribution in [0.2, 0.25) is 0 Å². The number of aromatic hydroxyl groups is 2. The first-order valence-corrected chi connectivity index (χ1v) is 6.85. The van der Waals surface area contributed by atoms with Gasteiger partial charge in [-0.15, -0.1) is 11.8 Å². The van der Waals surface area contributed by atoms with Gasteiger partial charge in [-0.3, -0.25) is 9.59 Å². The quantitative estimate of drug-likeness (QED) is 0.288. The highest BCUT2D eigenvalue weighted by atomic mass is 32.2. The summed E-state index contributed by atoms with van der Waals surface area (Å²) in [6, 6.07) is 0.380. The Morgan fingerprint density at radius 3 is 2.19 bits per heavy atom. The molecule has 0 aliphatic heterocycles. The third-order valence-corrected chi connectivity index (χ3v) is 3.77. The summed E-state index contributed by atoms with van der Waals surface area (Å²) in [6.45, 7) is 0. The molecule has 0 aliphatic rings. The monoisotopic (exact) mass is 316 g/mol. The molecule has 0 saturated carbocycles. The molecule has 8 N–H and O–H groups in total. The van der Waals surface area contributed by atoms with Crippen LogP contribution in [0.5, 0.6) is 11.5 Å². The van der Waals surface area contributed by atoms with E-state index in [0.29, 0.717) is 5.56 Å². The van der Waals surface area contributed by atoms with Gasteiger partial charge in [-0.25, -0.2) is 0 Å². The average Bonchev–Trinajstić information content (AvgIpc) is 2.40. The molecule has 1 rings (SSSR count). The highest BCUT2D eigenvalue weighted by Crippen LogP contribution is 2.37. The fraction of sp³-hybridized carbons (Fsp3) is 0.333. The Labute approximate surface area is 124 Å². The normalized spacial score (nSPS) is 13.6. The molecular formula is C12H16N2O6S. The van der Waals surface area contributed by atoms with Crippen LogP contribution in [0.1, 0.15) is 5.56 Å². The van der Waals surface area contributed by atoms with Crippen LogP contribution in [-0.4, -0.2) is 50.2 Å². The number of carboxylic acids is 2. The molecule has 0 heterocycles. The van der Waals surface area contributed by atoms with Crippen molar-refractivity contribution in [2.45, 2.75) is 23.4 Å². The molecule has 0 saturated heterocycles. The van der Waals surface area contributed by atoms with E-state index < -0.39 is 35.5 Å². The largest absolute Gasteiger partial charge is 0.504 e. The Morgan fingerprint density at radius 1 is 1.10 bits per heavy atom. The van der Waals surface area contributed by atoms with E-state index in [1.165, 1.54) is 12.1 Å². The SMILES string of the molecule is NC(Cc1cc(O)c(O)c(SC[C@H](N)C(=O)O)c1)C(=O)O. The van der Waals surface area contributed by atoms with Crippen molar-refractivity contribution >= 4 is 23.7 Å². The van der Waals surface area contributed by atoms with Gasteiger partial charge in [0.25, 0.3) is 0 Å². The molecule has 0 amide bonds. The Bertz CT molecular complexity index is 551. The molecule has 9 heteroatoms. The van der Waals surface area contributed by atoms with Gasteiger partial charge in [0.2, 0.25) is 0 Å². The Morgan fingerprint density at radius 2 is 1.67 bits per heavy atom. The third kappa shape index (κ3) is 4.81. The van der Waals surface area contributed by atoms with Crippen LogP contribution >= 0.6 is 11.8 Å². The van der Waals surface area contributed by atoms with Crippen LogP contribution < -0.4 is 11.5 Å². The lowest BCUT2D eigenvalue weighted by molar-refractivity contribution is -0.139. The molecule has 116 valence electrons. The highest BCUT2D eigenvalue weighted by Gasteiger charge is 2.18. The molecule has 2 atom stereocenters. The molecule has 0 spiro atoms. The minimum Gasteiger partial charge on any atom is -0.504 e. The summed E-state index contributed by atoms with van der Waals surface area (Å²) in [6.07, 6.45) is -0.0400. The molecule has 0 aliphatic carbocycles. The molecule has 0 radical (unpaired) electrons. The topological polar surface area (TPSA) is 167 Å². The van der Waals surface area contributed by atoms with Gasteiger partial charge < -0.3 is 31.9 Å². The lowest BCUT2D eigenvalue weighted by Crippen LogP contribution is -2.32. The zero-order valence-corrected chi connectivity index (χ0v) is 11.7. The van der Waals surface area contributed by atoms with Crippen molar-refractivity contribution in [1.82, 2.24) is 0 Å². The van der Waals surface area contributed by atoms with E-state index in [1.54, 1.807) is 0 Å². The summed E-state index contributed by atoms with van der Waals surface area (Å²) >= 11 is 0.943. The molecule has 1 unspecified atom stereocenters. The standard InChI is InChI=1S/C12H16N2O6S/c13-6(11(17)18)1-5-2-8(15)10(16)9(3-5)21-4-7(14)12(19)20/h2-3,6-7,15-16H,1,4,13-14H2,(H,17,18)(H,19,20)/t6?,7-/m0/s1. The van der Waals surface area contributed by atoms with Crippen LogP contribution in [0.15, 0.2) is 17.0 Å². The molecule has 0 aromatic heterocycles. The Kier molecular flexibility index (Phi) is 5.82. The van der Waals surface area contributed by atoms with Gasteiger partial charge in [0.1, 0.15) is 12.1 Å². The van der Waals surface area contributed by atoms with E-state index in [-0.39, 0.29) is 17.1 Å². The van der Waals surface area contributed by atoms with Crippen molar-refractivity contribution in [1.29, 1.82) is 0 Å². The number of carboxylic acid groups (broad SMARTS) is 2. The van der Waals surface area contributed by atoms with E-state index in [9.17, 15) is 19.8 Å². The number of thioether (sulfide) groups is 1. The van der Waals surface area contributed by atoms with Crippen molar-refractivity contribution in [2.24, 2.45) is 11.5 Å². The average molecular weight is 316 g/mol. The highest BCUT2D eigenvalue weighted by molar-refractivity contribution is 7.99. The van der Waals surface area contributed by atoms with Gasteiger partial charge in [-0.2, -0.15) is 0 Å². The first-order chi connectivity index (χ1) is 9.72. The van der Waals surface area contributed by atoms with Gasteiger partial charge in [0.15, 0.2) is 11.5 Å². The summed E-state index contributed by atoms with van der Waals surface area (Å²) in [7, 11) is 0. The maximum absolute atomic E-state index is 10.7. The predicted molar refractivity (Wildman–Crippen MR) is 75.4 cm³/mol. The molecule has 1 aromatic rings. The fourth-order valence-electron chi connectivity index (χ4n) is 1.47.